The van der Waals surface area contributed by atoms with Crippen LogP contribution in [0.1, 0.15) is 18.9 Å². The zero-order chi connectivity index (χ0) is 14.3. The highest BCUT2D eigenvalue weighted by Gasteiger charge is 2.22. The van der Waals surface area contributed by atoms with E-state index in [1.165, 1.54) is 6.92 Å². The molecule has 3 N–H and O–H groups in total. The number of carboxylic acids is 1. The molecule has 104 valence electrons. The third kappa shape index (κ3) is 5.87. The summed E-state index contributed by atoms with van der Waals surface area (Å²) in [6.45, 7) is 1.51. The van der Waals surface area contributed by atoms with Crippen molar-refractivity contribution in [3.63, 3.8) is 0 Å². The molecule has 0 bridgehead atoms. The summed E-state index contributed by atoms with van der Waals surface area (Å²) in [4.78, 5) is 22.3. The van der Waals surface area contributed by atoms with Gasteiger partial charge in [0.05, 0.1) is 6.10 Å². The molecule has 0 spiro atoms. The Labute approximate surface area is 111 Å². The van der Waals surface area contributed by atoms with Crippen LogP contribution in [0.2, 0.25) is 0 Å². The summed E-state index contributed by atoms with van der Waals surface area (Å²) in [6.07, 6.45) is -1.72. The number of carboxylic acid groups (broad SMARTS) is 1. The molecule has 0 aliphatic heterocycles. The number of benzene rings is 1. The molecule has 2 atom stereocenters. The molecule has 0 saturated carbocycles. The van der Waals surface area contributed by atoms with Crippen LogP contribution in [0.25, 0.3) is 0 Å². The molecule has 6 nitrogen and oxygen atoms in total. The molecular formula is C13H17NO5. The number of aliphatic carboxylic acids is 1. The fourth-order valence-electron chi connectivity index (χ4n) is 1.47. The van der Waals surface area contributed by atoms with E-state index in [1.807, 2.05) is 18.2 Å². The van der Waals surface area contributed by atoms with Crippen molar-refractivity contribution < 1.29 is 24.5 Å². The molecule has 1 aromatic carbocycles. The molecule has 0 aromatic heterocycles. The standard InChI is InChI=1S/C13H17NO5/c1-9(15)7-11(12(16)17)14-13(18)19-8-10-5-3-2-4-6-10/h2-6,9,11,15H,7-8H2,1H3,(H,14,18)(H,16,17). The van der Waals surface area contributed by atoms with Gasteiger partial charge in [-0.25, -0.2) is 9.59 Å². The number of amides is 1. The SMILES string of the molecule is CC(O)CC(NC(=O)OCc1ccccc1)C(=O)O. The first-order valence-corrected chi connectivity index (χ1v) is 5.87. The van der Waals surface area contributed by atoms with Gasteiger partial charge in [-0.15, -0.1) is 0 Å². The second kappa shape index (κ2) is 7.38. The Kier molecular flexibility index (Phi) is 5.81. The van der Waals surface area contributed by atoms with Gasteiger partial charge in [0.15, 0.2) is 0 Å². The van der Waals surface area contributed by atoms with Gasteiger partial charge in [-0.3, -0.25) is 0 Å². The minimum atomic E-state index is -1.21. The highest BCUT2D eigenvalue weighted by atomic mass is 16.5. The molecule has 0 fully saturated rings. The number of carbonyl (C=O) groups is 2. The smallest absolute Gasteiger partial charge is 0.408 e. The highest BCUT2D eigenvalue weighted by Crippen LogP contribution is 2.02. The molecule has 1 rings (SSSR count). The molecule has 0 radical (unpaired) electrons. The Balaban J connectivity index is 2.42. The fraction of sp³-hybridized carbons (Fsp3) is 0.385. The highest BCUT2D eigenvalue weighted by molar-refractivity contribution is 5.79. The van der Waals surface area contributed by atoms with Crippen molar-refractivity contribution in [2.75, 3.05) is 0 Å². The molecule has 6 heteroatoms. The van der Waals surface area contributed by atoms with Crippen molar-refractivity contribution in [1.29, 1.82) is 0 Å². The first kappa shape index (κ1) is 15.0. The zero-order valence-electron chi connectivity index (χ0n) is 10.6. The molecule has 2 unspecified atom stereocenters. The van der Waals surface area contributed by atoms with E-state index in [1.54, 1.807) is 12.1 Å². The van der Waals surface area contributed by atoms with E-state index in [0.717, 1.165) is 5.56 Å². The summed E-state index contributed by atoms with van der Waals surface area (Å²) >= 11 is 0. The van der Waals surface area contributed by atoms with Crippen LogP contribution in [0, 0.1) is 0 Å². The number of ether oxygens (including phenoxy) is 1. The van der Waals surface area contributed by atoms with Gasteiger partial charge in [-0.2, -0.15) is 0 Å². The van der Waals surface area contributed by atoms with Gasteiger partial charge in [-0.1, -0.05) is 30.3 Å². The Hall–Kier alpha value is -2.08. The number of aliphatic hydroxyl groups excluding tert-OH is 1. The fourth-order valence-corrected chi connectivity index (χ4v) is 1.47. The first-order chi connectivity index (χ1) is 8.99. The maximum Gasteiger partial charge on any atom is 0.408 e. The number of nitrogens with one attached hydrogen (secondary N) is 1. The molecule has 1 amide bonds. The molecule has 0 aliphatic carbocycles. The molecular weight excluding hydrogens is 250 g/mol. The van der Waals surface area contributed by atoms with Crippen molar-refractivity contribution in [3.05, 3.63) is 35.9 Å². The number of hydrogen-bond donors (Lipinski definition) is 3. The van der Waals surface area contributed by atoms with Gasteiger partial charge < -0.3 is 20.3 Å². The van der Waals surface area contributed by atoms with Gasteiger partial charge in [0, 0.05) is 6.42 Å². The van der Waals surface area contributed by atoms with Crippen LogP contribution in [0.15, 0.2) is 30.3 Å². The van der Waals surface area contributed by atoms with E-state index in [2.05, 4.69) is 5.32 Å². The maximum absolute atomic E-state index is 11.4. The van der Waals surface area contributed by atoms with Gasteiger partial charge in [0.25, 0.3) is 0 Å². The summed E-state index contributed by atoms with van der Waals surface area (Å²) in [7, 11) is 0. The monoisotopic (exact) mass is 267 g/mol. The van der Waals surface area contributed by atoms with Crippen LogP contribution in [-0.2, 0) is 16.1 Å². The van der Waals surface area contributed by atoms with Crippen LogP contribution in [-0.4, -0.2) is 34.4 Å². The summed E-state index contributed by atoms with van der Waals surface area (Å²) in [5.41, 5.74) is 0.806. The van der Waals surface area contributed by atoms with Crippen molar-refractivity contribution >= 4 is 12.1 Å². The number of carbonyl (C=O) groups excluding carboxylic acids is 1. The van der Waals surface area contributed by atoms with Crippen LogP contribution in [0.4, 0.5) is 4.79 Å². The topological polar surface area (TPSA) is 95.9 Å². The average Bonchev–Trinajstić information content (AvgIpc) is 2.36. The summed E-state index contributed by atoms with van der Waals surface area (Å²) < 4.78 is 4.90. The molecule has 0 heterocycles. The number of rotatable bonds is 6. The van der Waals surface area contributed by atoms with E-state index in [-0.39, 0.29) is 13.0 Å². The summed E-state index contributed by atoms with van der Waals surface area (Å²) in [5, 5.41) is 20.2. The van der Waals surface area contributed by atoms with E-state index in [9.17, 15) is 9.59 Å². The van der Waals surface area contributed by atoms with Crippen LogP contribution in [0.5, 0.6) is 0 Å². The lowest BCUT2D eigenvalue weighted by atomic mass is 10.1. The van der Waals surface area contributed by atoms with E-state index < -0.39 is 24.2 Å². The third-order valence-electron chi connectivity index (χ3n) is 2.38. The Morgan fingerprint density at radius 2 is 1.95 bits per heavy atom. The lowest BCUT2D eigenvalue weighted by molar-refractivity contribution is -0.140. The normalized spacial score (nSPS) is 13.4. The van der Waals surface area contributed by atoms with Crippen molar-refractivity contribution in [2.24, 2.45) is 0 Å². The maximum atomic E-state index is 11.4. The van der Waals surface area contributed by atoms with Crippen molar-refractivity contribution in [3.8, 4) is 0 Å². The lowest BCUT2D eigenvalue weighted by Gasteiger charge is -2.15. The molecule has 0 aliphatic rings. The number of alkyl carbamates (subject to hydrolysis) is 1. The number of aliphatic hydroxyl groups is 1. The average molecular weight is 267 g/mol. The van der Waals surface area contributed by atoms with Crippen molar-refractivity contribution in [2.45, 2.75) is 32.1 Å². The van der Waals surface area contributed by atoms with E-state index in [0.29, 0.717) is 0 Å². The molecule has 0 saturated heterocycles. The third-order valence-corrected chi connectivity index (χ3v) is 2.38. The Morgan fingerprint density at radius 1 is 1.32 bits per heavy atom. The molecule has 19 heavy (non-hydrogen) atoms. The van der Waals surface area contributed by atoms with Gasteiger partial charge in [0.2, 0.25) is 0 Å². The van der Waals surface area contributed by atoms with Crippen LogP contribution in [0.3, 0.4) is 0 Å². The van der Waals surface area contributed by atoms with Gasteiger partial charge in [-0.05, 0) is 12.5 Å². The summed E-state index contributed by atoms with van der Waals surface area (Å²) in [5.74, 6) is -1.21. The summed E-state index contributed by atoms with van der Waals surface area (Å²) in [6, 6.07) is 7.87. The van der Waals surface area contributed by atoms with E-state index in [4.69, 9.17) is 14.9 Å². The van der Waals surface area contributed by atoms with E-state index >= 15 is 0 Å². The Bertz CT molecular complexity index is 418. The van der Waals surface area contributed by atoms with Crippen LogP contribution < -0.4 is 5.32 Å². The number of hydrogen-bond acceptors (Lipinski definition) is 4. The first-order valence-electron chi connectivity index (χ1n) is 5.87. The second-order valence-corrected chi connectivity index (χ2v) is 4.18. The predicted molar refractivity (Wildman–Crippen MR) is 67.5 cm³/mol. The van der Waals surface area contributed by atoms with Crippen LogP contribution >= 0.6 is 0 Å². The predicted octanol–water partition coefficient (Wildman–Crippen LogP) is 1.14. The largest absolute Gasteiger partial charge is 0.480 e. The second-order valence-electron chi connectivity index (χ2n) is 4.18. The minimum absolute atomic E-state index is 0.0632. The van der Waals surface area contributed by atoms with Gasteiger partial charge >= 0.3 is 12.1 Å². The molecule has 1 aromatic rings. The Morgan fingerprint density at radius 3 is 2.47 bits per heavy atom. The van der Waals surface area contributed by atoms with Gasteiger partial charge in [0.1, 0.15) is 12.6 Å². The quantitative estimate of drug-likeness (QED) is 0.718. The lowest BCUT2D eigenvalue weighted by Crippen LogP contribution is -2.42. The van der Waals surface area contributed by atoms with Crippen molar-refractivity contribution in [1.82, 2.24) is 5.32 Å². The zero-order valence-corrected chi connectivity index (χ0v) is 10.6. The minimum Gasteiger partial charge on any atom is -0.480 e.